The van der Waals surface area contributed by atoms with Crippen molar-refractivity contribution in [2.75, 3.05) is 13.6 Å². The van der Waals surface area contributed by atoms with Gasteiger partial charge in [0.05, 0.1) is 0 Å². The van der Waals surface area contributed by atoms with Gasteiger partial charge in [0, 0.05) is 19.5 Å². The van der Waals surface area contributed by atoms with Gasteiger partial charge in [-0.2, -0.15) is 0 Å². The summed E-state index contributed by atoms with van der Waals surface area (Å²) in [4.78, 5) is 14.3. The number of hydrogen-bond acceptors (Lipinski definition) is 2. The smallest absolute Gasteiger partial charge is 0.222 e. The highest BCUT2D eigenvalue weighted by Gasteiger charge is 2.31. The second-order valence-corrected chi connectivity index (χ2v) is 6.54. The van der Waals surface area contributed by atoms with Crippen molar-refractivity contribution in [3.05, 3.63) is 0 Å². The van der Waals surface area contributed by atoms with E-state index in [9.17, 15) is 4.79 Å². The zero-order valence-corrected chi connectivity index (χ0v) is 12.4. The van der Waals surface area contributed by atoms with E-state index in [4.69, 9.17) is 5.73 Å². The average Bonchev–Trinajstić information content (AvgIpc) is 2.93. The zero-order valence-electron chi connectivity index (χ0n) is 12.4. The molecule has 2 aliphatic rings. The molecule has 0 aromatic rings. The van der Waals surface area contributed by atoms with Gasteiger partial charge >= 0.3 is 0 Å². The van der Waals surface area contributed by atoms with Gasteiger partial charge in [-0.3, -0.25) is 4.79 Å². The molecular weight excluding hydrogens is 236 g/mol. The second-order valence-electron chi connectivity index (χ2n) is 6.54. The van der Waals surface area contributed by atoms with Crippen LogP contribution in [0.3, 0.4) is 0 Å². The second kappa shape index (κ2) is 7.28. The predicted molar refractivity (Wildman–Crippen MR) is 78.8 cm³/mol. The maximum absolute atomic E-state index is 12.3. The van der Waals surface area contributed by atoms with Gasteiger partial charge in [-0.25, -0.2) is 0 Å². The van der Waals surface area contributed by atoms with Crippen LogP contribution in [-0.2, 0) is 4.79 Å². The highest BCUT2D eigenvalue weighted by Crippen LogP contribution is 2.30. The summed E-state index contributed by atoms with van der Waals surface area (Å²) in [6.45, 7) is 0.727. The molecule has 0 aliphatic heterocycles. The maximum Gasteiger partial charge on any atom is 0.222 e. The molecular formula is C16H30N2O. The molecule has 0 radical (unpaired) electrons. The van der Waals surface area contributed by atoms with Gasteiger partial charge in [0.15, 0.2) is 0 Å². The molecule has 2 saturated carbocycles. The molecule has 0 bridgehead atoms. The molecule has 2 N–H and O–H groups in total. The van der Waals surface area contributed by atoms with E-state index in [1.807, 2.05) is 11.9 Å². The van der Waals surface area contributed by atoms with Crippen LogP contribution in [0.1, 0.15) is 64.2 Å². The van der Waals surface area contributed by atoms with Gasteiger partial charge in [-0.05, 0) is 37.6 Å². The molecule has 0 aromatic carbocycles. The highest BCUT2D eigenvalue weighted by molar-refractivity contribution is 5.76. The molecule has 2 unspecified atom stereocenters. The van der Waals surface area contributed by atoms with E-state index < -0.39 is 0 Å². The molecule has 2 fully saturated rings. The Morgan fingerprint density at radius 2 is 1.84 bits per heavy atom. The van der Waals surface area contributed by atoms with Crippen LogP contribution in [0.2, 0.25) is 0 Å². The van der Waals surface area contributed by atoms with Gasteiger partial charge in [0.1, 0.15) is 0 Å². The number of nitrogens with zero attached hydrogens (tertiary/aromatic N) is 1. The summed E-state index contributed by atoms with van der Waals surface area (Å²) in [7, 11) is 1.99. The largest absolute Gasteiger partial charge is 0.342 e. The molecule has 110 valence electrons. The topological polar surface area (TPSA) is 46.3 Å². The van der Waals surface area contributed by atoms with E-state index in [0.29, 0.717) is 17.9 Å². The van der Waals surface area contributed by atoms with Crippen LogP contribution in [0.5, 0.6) is 0 Å². The van der Waals surface area contributed by atoms with Gasteiger partial charge in [-0.15, -0.1) is 0 Å². The van der Waals surface area contributed by atoms with Crippen LogP contribution < -0.4 is 5.73 Å². The molecule has 19 heavy (non-hydrogen) atoms. The number of rotatable bonds is 5. The minimum atomic E-state index is 0.343. The van der Waals surface area contributed by atoms with Crippen molar-refractivity contribution >= 4 is 5.91 Å². The maximum atomic E-state index is 12.3. The summed E-state index contributed by atoms with van der Waals surface area (Å²) in [6, 6.07) is 0.406. The van der Waals surface area contributed by atoms with Crippen LogP contribution in [-0.4, -0.2) is 30.4 Å². The normalized spacial score (nSPS) is 28.5. The molecule has 0 saturated heterocycles. The van der Waals surface area contributed by atoms with E-state index in [2.05, 4.69) is 0 Å². The van der Waals surface area contributed by atoms with Crippen molar-refractivity contribution in [3.63, 3.8) is 0 Å². The van der Waals surface area contributed by atoms with Gasteiger partial charge < -0.3 is 10.6 Å². The summed E-state index contributed by atoms with van der Waals surface area (Å²) < 4.78 is 0. The molecule has 1 amide bonds. The summed E-state index contributed by atoms with van der Waals surface area (Å²) in [5.41, 5.74) is 5.82. The van der Waals surface area contributed by atoms with Gasteiger partial charge in [0.25, 0.3) is 0 Å². The van der Waals surface area contributed by atoms with Crippen molar-refractivity contribution < 1.29 is 4.79 Å². The van der Waals surface area contributed by atoms with Crippen LogP contribution in [0.15, 0.2) is 0 Å². The van der Waals surface area contributed by atoms with Crippen molar-refractivity contribution in [2.24, 2.45) is 17.6 Å². The van der Waals surface area contributed by atoms with Crippen LogP contribution in [0.4, 0.5) is 0 Å². The Labute approximate surface area is 117 Å². The fourth-order valence-corrected chi connectivity index (χ4v) is 3.97. The average molecular weight is 266 g/mol. The van der Waals surface area contributed by atoms with E-state index >= 15 is 0 Å². The lowest BCUT2D eigenvalue weighted by Crippen LogP contribution is -2.41. The molecule has 0 heterocycles. The van der Waals surface area contributed by atoms with Crippen LogP contribution in [0.25, 0.3) is 0 Å². The van der Waals surface area contributed by atoms with Crippen molar-refractivity contribution in [1.29, 1.82) is 0 Å². The third-order valence-electron chi connectivity index (χ3n) is 5.30. The van der Waals surface area contributed by atoms with Crippen molar-refractivity contribution in [3.8, 4) is 0 Å². The Bertz CT molecular complexity index is 286. The zero-order chi connectivity index (χ0) is 13.7. The number of amides is 1. The van der Waals surface area contributed by atoms with E-state index in [1.165, 1.54) is 44.9 Å². The lowest BCUT2D eigenvalue weighted by atomic mass is 9.86. The van der Waals surface area contributed by atoms with Crippen molar-refractivity contribution in [1.82, 2.24) is 4.90 Å². The lowest BCUT2D eigenvalue weighted by Gasteiger charge is -2.30. The summed E-state index contributed by atoms with van der Waals surface area (Å²) in [5, 5.41) is 0. The summed E-state index contributed by atoms with van der Waals surface area (Å²) >= 11 is 0. The van der Waals surface area contributed by atoms with Crippen LogP contribution >= 0.6 is 0 Å². The number of carbonyl (C=O) groups excluding carboxylic acids is 1. The number of hydrogen-bond donors (Lipinski definition) is 1. The van der Waals surface area contributed by atoms with Gasteiger partial charge in [0.2, 0.25) is 5.91 Å². The fourth-order valence-electron chi connectivity index (χ4n) is 3.97. The van der Waals surface area contributed by atoms with E-state index in [1.54, 1.807) is 0 Å². The Kier molecular flexibility index (Phi) is 5.68. The third-order valence-corrected chi connectivity index (χ3v) is 5.30. The highest BCUT2D eigenvalue weighted by atomic mass is 16.2. The molecule has 3 heteroatoms. The molecule has 3 nitrogen and oxygen atoms in total. The minimum absolute atomic E-state index is 0.343. The quantitative estimate of drug-likeness (QED) is 0.831. The molecule has 2 aliphatic carbocycles. The first-order valence-electron chi connectivity index (χ1n) is 8.18. The van der Waals surface area contributed by atoms with Gasteiger partial charge in [-0.1, -0.05) is 38.5 Å². The predicted octanol–water partition coefficient (Wildman–Crippen LogP) is 2.93. The molecule has 2 rings (SSSR count). The molecule has 2 atom stereocenters. The first-order chi connectivity index (χ1) is 9.22. The van der Waals surface area contributed by atoms with Crippen molar-refractivity contribution in [2.45, 2.75) is 70.3 Å². The standard InChI is InChI=1S/C16H30N2O/c1-18(15-9-5-8-14(15)12-17)16(19)11-10-13-6-3-2-4-7-13/h13-15H,2-12,17H2,1H3. The number of carbonyl (C=O) groups is 1. The Morgan fingerprint density at radius 1 is 1.11 bits per heavy atom. The fraction of sp³-hybridized carbons (Fsp3) is 0.938. The molecule has 0 spiro atoms. The summed E-state index contributed by atoms with van der Waals surface area (Å²) in [5.74, 6) is 1.68. The first-order valence-corrected chi connectivity index (χ1v) is 8.18. The lowest BCUT2D eigenvalue weighted by molar-refractivity contribution is -0.133. The summed E-state index contributed by atoms with van der Waals surface area (Å²) in [6.07, 6.45) is 12.2. The van der Waals surface area contributed by atoms with E-state index in [0.717, 1.165) is 31.7 Å². The third kappa shape index (κ3) is 3.95. The Balaban J connectivity index is 1.75. The Hall–Kier alpha value is -0.570. The Morgan fingerprint density at radius 3 is 2.53 bits per heavy atom. The first kappa shape index (κ1) is 14.8. The monoisotopic (exact) mass is 266 g/mol. The minimum Gasteiger partial charge on any atom is -0.342 e. The molecule has 0 aromatic heterocycles. The van der Waals surface area contributed by atoms with Crippen LogP contribution in [0, 0.1) is 11.8 Å². The van der Waals surface area contributed by atoms with E-state index in [-0.39, 0.29) is 0 Å². The number of nitrogens with two attached hydrogens (primary N) is 1. The SMILES string of the molecule is CN(C(=O)CCC1CCCCC1)C1CCCC1CN.